The van der Waals surface area contributed by atoms with E-state index in [4.69, 9.17) is 14.5 Å². The summed E-state index contributed by atoms with van der Waals surface area (Å²) in [5.74, 6) is 0.890. The summed E-state index contributed by atoms with van der Waals surface area (Å²) in [4.78, 5) is 25.6. The van der Waals surface area contributed by atoms with Gasteiger partial charge in [0.05, 0.1) is 5.69 Å². The van der Waals surface area contributed by atoms with Crippen LogP contribution in [0.25, 0.3) is 11.3 Å². The van der Waals surface area contributed by atoms with E-state index in [1.54, 1.807) is 0 Å². The van der Waals surface area contributed by atoms with Crippen molar-refractivity contribution in [3.05, 3.63) is 48.0 Å². The van der Waals surface area contributed by atoms with Crippen molar-refractivity contribution in [3.8, 4) is 11.3 Å². The molecule has 2 heterocycles. The Kier molecular flexibility index (Phi) is 5.97. The van der Waals surface area contributed by atoms with Crippen LogP contribution in [0.5, 0.6) is 0 Å². The minimum Gasteiger partial charge on any atom is -0.339 e. The lowest BCUT2D eigenvalue weighted by Gasteiger charge is -2.53. The van der Waals surface area contributed by atoms with Crippen LogP contribution in [0.3, 0.4) is 0 Å². The molecule has 222 valence electrons. The summed E-state index contributed by atoms with van der Waals surface area (Å²) in [5.41, 5.74) is 2.68. The quantitative estimate of drug-likeness (QED) is 0.268. The van der Waals surface area contributed by atoms with Gasteiger partial charge in [-0.05, 0) is 87.7 Å². The topological polar surface area (TPSA) is 77.0 Å². The zero-order valence-corrected chi connectivity index (χ0v) is 24.3. The Morgan fingerprint density at radius 1 is 1.02 bits per heavy atom. The number of amides is 1. The number of halogens is 2. The number of carbonyl (C=O) groups excluding carboxylic acids is 1. The number of aromatic nitrogens is 4. The van der Waals surface area contributed by atoms with Crippen LogP contribution in [0.2, 0.25) is 0 Å². The van der Waals surface area contributed by atoms with Crippen molar-refractivity contribution < 1.29 is 18.1 Å². The highest BCUT2D eigenvalue weighted by atomic mass is 19.3. The third-order valence-corrected chi connectivity index (χ3v) is 11.0. The maximum atomic E-state index is 13.9. The van der Waals surface area contributed by atoms with Crippen LogP contribution in [0.15, 0.2) is 35.0 Å². The molecular weight excluding hydrogens is 536 g/mol. The second-order valence-electron chi connectivity index (χ2n) is 14.2. The summed E-state index contributed by atoms with van der Waals surface area (Å²) in [6.45, 7) is 0.612. The highest BCUT2D eigenvalue weighted by Gasteiger charge is 2.53. The molecule has 1 aromatic carbocycles. The third-order valence-electron chi connectivity index (χ3n) is 11.0. The van der Waals surface area contributed by atoms with Crippen LogP contribution >= 0.6 is 0 Å². The van der Waals surface area contributed by atoms with E-state index in [1.165, 1.54) is 12.8 Å². The first-order valence-electron chi connectivity index (χ1n) is 15.9. The van der Waals surface area contributed by atoms with Crippen molar-refractivity contribution in [2.24, 2.45) is 18.4 Å². The second-order valence-corrected chi connectivity index (χ2v) is 14.2. The predicted octanol–water partition coefficient (Wildman–Crippen LogP) is 7.29. The van der Waals surface area contributed by atoms with Gasteiger partial charge in [-0.3, -0.25) is 4.79 Å². The normalized spacial score (nSPS) is 28.5. The van der Waals surface area contributed by atoms with Crippen LogP contribution < -0.4 is 4.90 Å². The minimum absolute atomic E-state index is 0.000446. The van der Waals surface area contributed by atoms with Crippen molar-refractivity contribution in [1.82, 2.24) is 19.7 Å². The minimum atomic E-state index is -2.63. The monoisotopic (exact) mass is 575 g/mol. The van der Waals surface area contributed by atoms with Crippen LogP contribution in [0, 0.1) is 11.3 Å². The molecule has 0 saturated heterocycles. The number of carbonyl (C=O) groups is 1. The Balaban J connectivity index is 1.04. The smallest absolute Gasteiger partial charge is 0.248 e. The fraction of sp³-hybridized carbons (Fsp3) is 0.636. The van der Waals surface area contributed by atoms with E-state index < -0.39 is 5.92 Å². The van der Waals surface area contributed by atoms with Gasteiger partial charge in [0.25, 0.3) is 0 Å². The van der Waals surface area contributed by atoms with Gasteiger partial charge in [-0.15, -0.1) is 0 Å². The number of rotatable bonds is 9. The van der Waals surface area contributed by atoms with Crippen LogP contribution in [0.1, 0.15) is 113 Å². The summed E-state index contributed by atoms with van der Waals surface area (Å²) < 4.78 is 35.3. The largest absolute Gasteiger partial charge is 0.339 e. The molecule has 42 heavy (non-hydrogen) atoms. The molecule has 3 aromatic rings. The summed E-state index contributed by atoms with van der Waals surface area (Å²) in [6.07, 6.45) is 12.4. The van der Waals surface area contributed by atoms with E-state index in [-0.39, 0.29) is 41.9 Å². The summed E-state index contributed by atoms with van der Waals surface area (Å²) >= 11 is 0. The standard InChI is InChI=1S/C33H39F2N5O2/c1-39-19-26(36-29(39)23-7-8-23)24-3-2-4-25(16-24)40(27(41)15-21-17-33(34,35)18-21)20-31-9-12-32(13-10-31,14-11-31)30-37-28(38-42-30)22-5-6-22/h2-4,16,19,21-23H,5-15,17-18,20H2,1H3. The van der Waals surface area contributed by atoms with Crippen molar-refractivity contribution in [3.63, 3.8) is 0 Å². The lowest BCUT2D eigenvalue weighted by atomic mass is 9.53. The number of aryl methyl sites for hydroxylation is 1. The lowest BCUT2D eigenvalue weighted by molar-refractivity contribution is -0.132. The molecule has 2 bridgehead atoms. The highest BCUT2D eigenvalue weighted by Crippen LogP contribution is 2.58. The zero-order valence-electron chi connectivity index (χ0n) is 24.3. The average molecular weight is 576 g/mol. The van der Waals surface area contributed by atoms with E-state index in [9.17, 15) is 13.6 Å². The fourth-order valence-corrected chi connectivity index (χ4v) is 7.90. The number of anilines is 1. The van der Waals surface area contributed by atoms with E-state index in [1.807, 2.05) is 30.1 Å². The second kappa shape index (κ2) is 9.45. The molecule has 0 atom stereocenters. The summed E-state index contributed by atoms with van der Waals surface area (Å²) in [7, 11) is 2.05. The molecule has 6 fully saturated rings. The fourth-order valence-electron chi connectivity index (χ4n) is 7.90. The molecule has 0 aliphatic heterocycles. The maximum Gasteiger partial charge on any atom is 0.248 e. The molecule has 6 aliphatic rings. The predicted molar refractivity (Wildman–Crippen MR) is 153 cm³/mol. The molecule has 0 radical (unpaired) electrons. The maximum absolute atomic E-state index is 13.9. The molecule has 9 rings (SSSR count). The summed E-state index contributed by atoms with van der Waals surface area (Å²) in [5, 5.41) is 4.30. The molecule has 0 N–H and O–H groups in total. The van der Waals surface area contributed by atoms with Crippen molar-refractivity contribution in [2.75, 3.05) is 11.4 Å². The Labute approximate surface area is 245 Å². The lowest BCUT2D eigenvalue weighted by Crippen LogP contribution is -2.51. The number of alkyl halides is 2. The molecule has 9 heteroatoms. The average Bonchev–Trinajstić information content (AvgIpc) is 3.92. The van der Waals surface area contributed by atoms with E-state index in [0.717, 1.165) is 85.9 Å². The Morgan fingerprint density at radius 3 is 2.40 bits per heavy atom. The Morgan fingerprint density at radius 2 is 1.74 bits per heavy atom. The van der Waals surface area contributed by atoms with Crippen molar-refractivity contribution in [2.45, 2.75) is 107 Å². The number of imidazole rings is 1. The van der Waals surface area contributed by atoms with Crippen molar-refractivity contribution in [1.29, 1.82) is 0 Å². The van der Waals surface area contributed by atoms with Crippen LogP contribution in [-0.2, 0) is 17.3 Å². The number of nitrogens with zero attached hydrogens (tertiary/aromatic N) is 5. The molecule has 0 unspecified atom stereocenters. The molecule has 6 aliphatic carbocycles. The van der Waals surface area contributed by atoms with Gasteiger partial charge in [-0.1, -0.05) is 17.3 Å². The first-order valence-corrected chi connectivity index (χ1v) is 15.9. The number of hydrogen-bond donors (Lipinski definition) is 0. The summed E-state index contributed by atoms with van der Waals surface area (Å²) in [6, 6.07) is 8.10. The zero-order chi connectivity index (χ0) is 28.7. The SMILES string of the molecule is Cn1cc(-c2cccc(N(CC34CCC(c5nc(C6CC6)no5)(CC3)CC4)C(=O)CC3CC(F)(F)C3)c2)nc1C1CC1. The van der Waals surface area contributed by atoms with Gasteiger partial charge in [0.1, 0.15) is 5.82 Å². The van der Waals surface area contributed by atoms with Gasteiger partial charge in [0, 0.05) is 67.6 Å². The molecule has 0 spiro atoms. The highest BCUT2D eigenvalue weighted by molar-refractivity contribution is 5.94. The van der Waals surface area contributed by atoms with Gasteiger partial charge in [0.2, 0.25) is 17.7 Å². The van der Waals surface area contributed by atoms with Crippen LogP contribution in [-0.4, -0.2) is 38.1 Å². The van der Waals surface area contributed by atoms with Gasteiger partial charge in [-0.25, -0.2) is 13.8 Å². The number of benzene rings is 1. The molecule has 2 aromatic heterocycles. The molecule has 6 saturated carbocycles. The third kappa shape index (κ3) is 4.77. The first kappa shape index (κ1) is 26.5. The van der Waals surface area contributed by atoms with Crippen LogP contribution in [0.4, 0.5) is 14.5 Å². The Hall–Kier alpha value is -3.10. The van der Waals surface area contributed by atoms with Gasteiger partial charge in [-0.2, -0.15) is 4.98 Å². The van der Waals surface area contributed by atoms with Gasteiger partial charge < -0.3 is 14.0 Å². The van der Waals surface area contributed by atoms with E-state index >= 15 is 0 Å². The molecular formula is C33H39F2N5O2. The van der Waals surface area contributed by atoms with Crippen molar-refractivity contribution >= 4 is 11.6 Å². The van der Waals surface area contributed by atoms with Gasteiger partial charge in [0.15, 0.2) is 5.82 Å². The van der Waals surface area contributed by atoms with E-state index in [0.29, 0.717) is 18.4 Å². The Bertz CT molecular complexity index is 1490. The first-order chi connectivity index (χ1) is 20.2. The van der Waals surface area contributed by atoms with E-state index in [2.05, 4.69) is 22.0 Å². The molecule has 7 nitrogen and oxygen atoms in total. The molecule has 1 amide bonds. The number of hydrogen-bond acceptors (Lipinski definition) is 5. The number of fused-ring (bicyclic) bond motifs is 3. The van der Waals surface area contributed by atoms with Gasteiger partial charge >= 0.3 is 0 Å².